The average Bonchev–Trinajstić information content (AvgIpc) is 2.50. The Kier molecular flexibility index (Phi) is 5.78. The second-order valence-electron chi connectivity index (χ2n) is 4.26. The third kappa shape index (κ3) is 4.80. The maximum atomic E-state index is 4.31. The molecule has 0 heterocycles. The molecule has 0 radical (unpaired) electrons. The van der Waals surface area contributed by atoms with E-state index in [0.29, 0.717) is 0 Å². The lowest BCUT2D eigenvalue weighted by atomic mass is 10.1. The third-order valence-electron chi connectivity index (χ3n) is 2.69. The molecule has 0 saturated carbocycles. The van der Waals surface area contributed by atoms with Gasteiger partial charge in [0.1, 0.15) is 0 Å². The Labute approximate surface area is 131 Å². The highest BCUT2D eigenvalue weighted by Crippen LogP contribution is 2.23. The van der Waals surface area contributed by atoms with Crippen molar-refractivity contribution in [2.45, 2.75) is 9.79 Å². The fourth-order valence-corrected chi connectivity index (χ4v) is 2.21. The van der Waals surface area contributed by atoms with Crippen molar-refractivity contribution in [2.24, 2.45) is 0 Å². The summed E-state index contributed by atoms with van der Waals surface area (Å²) in [5, 5.41) is 0. The van der Waals surface area contributed by atoms with Crippen LogP contribution in [0, 0.1) is 0 Å². The van der Waals surface area contributed by atoms with Crippen LogP contribution in [0.25, 0.3) is 11.1 Å². The molecule has 0 aliphatic rings. The summed E-state index contributed by atoms with van der Waals surface area (Å²) in [5.74, 6) is 0. The van der Waals surface area contributed by atoms with E-state index in [0.717, 1.165) is 9.79 Å². The van der Waals surface area contributed by atoms with Gasteiger partial charge in [0.15, 0.2) is 0 Å². The van der Waals surface area contributed by atoms with Crippen LogP contribution in [-0.4, -0.2) is 0 Å². The van der Waals surface area contributed by atoms with Crippen molar-refractivity contribution in [3.63, 3.8) is 0 Å². The first-order chi connectivity index (χ1) is 9.75. The van der Waals surface area contributed by atoms with E-state index in [1.165, 1.54) is 11.1 Å². The Morgan fingerprint density at radius 1 is 0.450 bits per heavy atom. The molecule has 2 heteroatoms. The lowest BCUT2D eigenvalue weighted by Gasteiger charge is -2.02. The van der Waals surface area contributed by atoms with Crippen molar-refractivity contribution in [2.75, 3.05) is 0 Å². The maximum absolute atomic E-state index is 4.31. The van der Waals surface area contributed by atoms with Crippen LogP contribution in [0.15, 0.2) is 94.7 Å². The van der Waals surface area contributed by atoms with Crippen molar-refractivity contribution in [1.82, 2.24) is 0 Å². The predicted octanol–water partition coefficient (Wildman–Crippen LogP) is 5.62. The molecule has 0 nitrogen and oxygen atoms in total. The quantitative estimate of drug-likeness (QED) is 0.535. The molecule has 0 unspecified atom stereocenters. The minimum Gasteiger partial charge on any atom is -0.143 e. The lowest BCUT2D eigenvalue weighted by Crippen LogP contribution is -1.77. The normalized spacial score (nSPS) is 9.50. The van der Waals surface area contributed by atoms with E-state index in [1.807, 2.05) is 72.8 Å². The van der Waals surface area contributed by atoms with Crippen LogP contribution >= 0.6 is 25.3 Å². The predicted molar refractivity (Wildman–Crippen MR) is 92.8 cm³/mol. The molecule has 0 atom stereocenters. The van der Waals surface area contributed by atoms with Crippen LogP contribution in [0.4, 0.5) is 0 Å². The number of thiol groups is 2. The van der Waals surface area contributed by atoms with Crippen LogP contribution in [0.3, 0.4) is 0 Å². The molecule has 3 rings (SSSR count). The van der Waals surface area contributed by atoms with Gasteiger partial charge in [-0.1, -0.05) is 60.7 Å². The maximum Gasteiger partial charge on any atom is 0.00461 e. The highest BCUT2D eigenvalue weighted by molar-refractivity contribution is 7.80. The van der Waals surface area contributed by atoms with Crippen LogP contribution in [0.1, 0.15) is 0 Å². The van der Waals surface area contributed by atoms with Crippen molar-refractivity contribution in [3.8, 4) is 11.1 Å². The van der Waals surface area contributed by atoms with Crippen LogP contribution in [0.2, 0.25) is 0 Å². The van der Waals surface area contributed by atoms with Crippen molar-refractivity contribution >= 4 is 25.3 Å². The second-order valence-corrected chi connectivity index (χ2v) is 5.29. The molecule has 0 amide bonds. The molecule has 20 heavy (non-hydrogen) atoms. The van der Waals surface area contributed by atoms with Gasteiger partial charge in [-0.25, -0.2) is 0 Å². The van der Waals surface area contributed by atoms with E-state index in [1.54, 1.807) is 0 Å². The Balaban J connectivity index is 0.000000205. The van der Waals surface area contributed by atoms with Gasteiger partial charge >= 0.3 is 0 Å². The Morgan fingerprint density at radius 2 is 0.800 bits per heavy atom. The summed E-state index contributed by atoms with van der Waals surface area (Å²) >= 11 is 8.62. The standard InChI is InChI=1S/C12H10S2.C6H6/c13-11-5-1-3-9(7-11)10-4-2-6-12(14)8-10;1-2-4-6-5-3-1/h1-8,13-14H;1-6H. The van der Waals surface area contributed by atoms with Gasteiger partial charge in [-0.3, -0.25) is 0 Å². The highest BCUT2D eigenvalue weighted by atomic mass is 32.1. The molecular formula is C18H16S2. The number of rotatable bonds is 1. The zero-order valence-electron chi connectivity index (χ0n) is 11.0. The van der Waals surface area contributed by atoms with E-state index in [2.05, 4.69) is 37.4 Å². The van der Waals surface area contributed by atoms with E-state index in [-0.39, 0.29) is 0 Å². The van der Waals surface area contributed by atoms with E-state index in [9.17, 15) is 0 Å². The van der Waals surface area contributed by atoms with Gasteiger partial charge in [0.25, 0.3) is 0 Å². The molecule has 0 saturated heterocycles. The first-order valence-electron chi connectivity index (χ1n) is 6.34. The Hall–Kier alpha value is -1.64. The first kappa shape index (κ1) is 14.8. The SMILES string of the molecule is Sc1cccc(-c2cccc(S)c2)c1.c1ccccc1. The van der Waals surface area contributed by atoms with Gasteiger partial charge in [-0.05, 0) is 35.4 Å². The number of benzene rings is 3. The summed E-state index contributed by atoms with van der Waals surface area (Å²) in [6.07, 6.45) is 0. The van der Waals surface area contributed by atoms with Gasteiger partial charge in [0.05, 0.1) is 0 Å². The Bertz CT molecular complexity index is 578. The molecule has 0 N–H and O–H groups in total. The molecule has 0 aliphatic heterocycles. The number of hydrogen-bond donors (Lipinski definition) is 2. The zero-order valence-corrected chi connectivity index (χ0v) is 12.8. The topological polar surface area (TPSA) is 0 Å². The van der Waals surface area contributed by atoms with E-state index >= 15 is 0 Å². The van der Waals surface area contributed by atoms with Crippen LogP contribution in [0.5, 0.6) is 0 Å². The third-order valence-corrected chi connectivity index (χ3v) is 3.25. The molecule has 3 aromatic carbocycles. The average molecular weight is 296 g/mol. The minimum absolute atomic E-state index is 0.979. The van der Waals surface area contributed by atoms with Gasteiger partial charge in [-0.15, -0.1) is 25.3 Å². The molecule has 3 aromatic rings. The smallest absolute Gasteiger partial charge is 0.00461 e. The van der Waals surface area contributed by atoms with Gasteiger partial charge in [0, 0.05) is 9.79 Å². The van der Waals surface area contributed by atoms with Crippen molar-refractivity contribution in [1.29, 1.82) is 0 Å². The zero-order chi connectivity index (χ0) is 14.2. The summed E-state index contributed by atoms with van der Waals surface area (Å²) in [6, 6.07) is 28.2. The molecular weight excluding hydrogens is 280 g/mol. The molecule has 0 bridgehead atoms. The summed E-state index contributed by atoms with van der Waals surface area (Å²) in [6.45, 7) is 0. The summed E-state index contributed by atoms with van der Waals surface area (Å²) < 4.78 is 0. The van der Waals surface area contributed by atoms with Crippen molar-refractivity contribution < 1.29 is 0 Å². The minimum atomic E-state index is 0.979. The number of hydrogen-bond acceptors (Lipinski definition) is 2. The molecule has 0 aromatic heterocycles. The summed E-state index contributed by atoms with van der Waals surface area (Å²) in [5.41, 5.74) is 2.35. The molecule has 0 spiro atoms. The lowest BCUT2D eigenvalue weighted by molar-refractivity contribution is 1.43. The Morgan fingerprint density at radius 3 is 1.10 bits per heavy atom. The molecule has 0 aliphatic carbocycles. The van der Waals surface area contributed by atoms with Gasteiger partial charge < -0.3 is 0 Å². The van der Waals surface area contributed by atoms with Crippen molar-refractivity contribution in [3.05, 3.63) is 84.9 Å². The van der Waals surface area contributed by atoms with Gasteiger partial charge in [0.2, 0.25) is 0 Å². The molecule has 100 valence electrons. The van der Waals surface area contributed by atoms with Gasteiger partial charge in [-0.2, -0.15) is 0 Å². The van der Waals surface area contributed by atoms with E-state index in [4.69, 9.17) is 0 Å². The largest absolute Gasteiger partial charge is 0.143 e. The molecule has 0 fully saturated rings. The summed E-state index contributed by atoms with van der Waals surface area (Å²) in [4.78, 5) is 1.96. The first-order valence-corrected chi connectivity index (χ1v) is 7.23. The highest BCUT2D eigenvalue weighted by Gasteiger charge is 1.97. The van der Waals surface area contributed by atoms with Crippen LogP contribution < -0.4 is 0 Å². The summed E-state index contributed by atoms with van der Waals surface area (Å²) in [7, 11) is 0. The second kappa shape index (κ2) is 7.83. The monoisotopic (exact) mass is 296 g/mol. The van der Waals surface area contributed by atoms with E-state index < -0.39 is 0 Å². The fourth-order valence-electron chi connectivity index (χ4n) is 1.76. The van der Waals surface area contributed by atoms with Crippen LogP contribution in [-0.2, 0) is 0 Å². The fraction of sp³-hybridized carbons (Fsp3) is 0.